The number of likely N-dealkylation sites (tertiary alicyclic amines) is 1. The first-order valence-corrected chi connectivity index (χ1v) is 7.13. The molecule has 1 atom stereocenters. The molecule has 0 radical (unpaired) electrons. The lowest BCUT2D eigenvalue weighted by Crippen LogP contribution is -2.54. The summed E-state index contributed by atoms with van der Waals surface area (Å²) in [4.78, 5) is 14.5. The third-order valence-corrected chi connectivity index (χ3v) is 4.68. The average Bonchev–Trinajstić information content (AvgIpc) is 2.97. The van der Waals surface area contributed by atoms with Gasteiger partial charge in [0.05, 0.1) is 11.6 Å². The molecule has 2 fully saturated rings. The molecule has 1 N–H and O–H groups in total. The molecule has 1 saturated heterocycles. The van der Waals surface area contributed by atoms with Crippen molar-refractivity contribution in [2.24, 2.45) is 7.05 Å². The molecule has 104 valence electrons. The topological polar surface area (TPSA) is 58.4 Å². The predicted octanol–water partition coefficient (Wildman–Crippen LogP) is 1.33. The van der Waals surface area contributed by atoms with Gasteiger partial charge in [-0.05, 0) is 25.3 Å². The van der Waals surface area contributed by atoms with Crippen molar-refractivity contribution in [1.82, 2.24) is 14.7 Å². The third-order valence-electron chi connectivity index (χ3n) is 4.68. The van der Waals surface area contributed by atoms with Gasteiger partial charge in [-0.25, -0.2) is 0 Å². The lowest BCUT2D eigenvalue weighted by molar-refractivity contribution is 0.00285. The van der Waals surface area contributed by atoms with E-state index < -0.39 is 0 Å². The minimum atomic E-state index is -0.375. The first-order valence-electron chi connectivity index (χ1n) is 7.13. The second kappa shape index (κ2) is 4.63. The van der Waals surface area contributed by atoms with Crippen molar-refractivity contribution in [2.75, 3.05) is 6.54 Å². The number of hydrogen-bond donors (Lipinski definition) is 1. The molecule has 5 heteroatoms. The number of aliphatic hydroxyl groups excluding tert-OH is 1. The van der Waals surface area contributed by atoms with Crippen molar-refractivity contribution in [3.8, 4) is 0 Å². The molecule has 1 aliphatic carbocycles. The minimum Gasteiger partial charge on any atom is -0.391 e. The zero-order chi connectivity index (χ0) is 13.5. The first kappa shape index (κ1) is 12.7. The Morgan fingerprint density at radius 1 is 1.42 bits per heavy atom. The van der Waals surface area contributed by atoms with E-state index in [0.29, 0.717) is 18.7 Å². The highest BCUT2D eigenvalue weighted by atomic mass is 16.3. The molecule has 1 amide bonds. The molecule has 1 unspecified atom stereocenters. The van der Waals surface area contributed by atoms with E-state index in [4.69, 9.17) is 0 Å². The molecule has 2 heterocycles. The molecule has 1 spiro atoms. The Labute approximate surface area is 113 Å². The van der Waals surface area contributed by atoms with E-state index in [-0.39, 0.29) is 17.6 Å². The SMILES string of the molecule is Cn1ccc(C(=O)N2CCC(O)C23CCCCC3)n1. The Morgan fingerprint density at radius 2 is 2.16 bits per heavy atom. The quantitative estimate of drug-likeness (QED) is 0.831. The number of carbonyl (C=O) groups is 1. The highest BCUT2D eigenvalue weighted by Gasteiger charge is 2.50. The van der Waals surface area contributed by atoms with E-state index >= 15 is 0 Å². The maximum Gasteiger partial charge on any atom is 0.274 e. The molecule has 1 saturated carbocycles. The van der Waals surface area contributed by atoms with E-state index in [1.807, 2.05) is 11.9 Å². The summed E-state index contributed by atoms with van der Waals surface area (Å²) in [6.07, 6.45) is 7.36. The van der Waals surface area contributed by atoms with Gasteiger partial charge >= 0.3 is 0 Å². The fourth-order valence-corrected chi connectivity index (χ4v) is 3.66. The molecule has 5 nitrogen and oxygen atoms in total. The van der Waals surface area contributed by atoms with Gasteiger partial charge in [0.15, 0.2) is 0 Å². The van der Waals surface area contributed by atoms with Crippen LogP contribution >= 0.6 is 0 Å². The smallest absolute Gasteiger partial charge is 0.274 e. The van der Waals surface area contributed by atoms with E-state index in [1.54, 1.807) is 16.9 Å². The van der Waals surface area contributed by atoms with Crippen molar-refractivity contribution < 1.29 is 9.90 Å². The lowest BCUT2D eigenvalue weighted by atomic mass is 9.78. The van der Waals surface area contributed by atoms with Crippen LogP contribution in [0.5, 0.6) is 0 Å². The second-order valence-corrected chi connectivity index (χ2v) is 5.80. The number of carbonyl (C=O) groups excluding carboxylic acids is 1. The molecule has 2 aliphatic rings. The molecule has 19 heavy (non-hydrogen) atoms. The molecule has 1 aromatic rings. The molecular weight excluding hydrogens is 242 g/mol. The van der Waals surface area contributed by atoms with Gasteiger partial charge in [-0.1, -0.05) is 19.3 Å². The number of aromatic nitrogens is 2. The zero-order valence-electron chi connectivity index (χ0n) is 11.4. The summed E-state index contributed by atoms with van der Waals surface area (Å²) >= 11 is 0. The molecular formula is C14H21N3O2. The molecule has 1 aromatic heterocycles. The largest absolute Gasteiger partial charge is 0.391 e. The monoisotopic (exact) mass is 263 g/mol. The zero-order valence-corrected chi connectivity index (χ0v) is 11.4. The highest BCUT2D eigenvalue weighted by Crippen LogP contribution is 2.42. The van der Waals surface area contributed by atoms with Crippen LogP contribution in [-0.4, -0.2) is 43.9 Å². The van der Waals surface area contributed by atoms with Crippen LogP contribution in [0.2, 0.25) is 0 Å². The van der Waals surface area contributed by atoms with E-state index in [9.17, 15) is 9.90 Å². The molecule has 3 rings (SSSR count). The number of aliphatic hydroxyl groups is 1. The lowest BCUT2D eigenvalue weighted by Gasteiger charge is -2.43. The van der Waals surface area contributed by atoms with Gasteiger partial charge in [0, 0.05) is 19.8 Å². The van der Waals surface area contributed by atoms with E-state index in [0.717, 1.165) is 25.7 Å². The predicted molar refractivity (Wildman–Crippen MR) is 70.7 cm³/mol. The Kier molecular flexibility index (Phi) is 3.09. The maximum atomic E-state index is 12.6. The van der Waals surface area contributed by atoms with Crippen LogP contribution in [0.1, 0.15) is 49.0 Å². The standard InChI is InChI=1S/C14H21N3O2/c1-16-9-5-11(15-16)13(19)17-10-6-12(18)14(17)7-3-2-4-8-14/h5,9,12,18H,2-4,6-8,10H2,1H3. The Morgan fingerprint density at radius 3 is 2.79 bits per heavy atom. The fourth-order valence-electron chi connectivity index (χ4n) is 3.66. The van der Waals surface area contributed by atoms with Crippen molar-refractivity contribution >= 4 is 5.91 Å². The third kappa shape index (κ3) is 1.96. The van der Waals surface area contributed by atoms with Gasteiger partial charge < -0.3 is 10.0 Å². The van der Waals surface area contributed by atoms with Crippen molar-refractivity contribution in [1.29, 1.82) is 0 Å². The van der Waals surface area contributed by atoms with Crippen molar-refractivity contribution in [3.05, 3.63) is 18.0 Å². The van der Waals surface area contributed by atoms with Crippen LogP contribution in [0.15, 0.2) is 12.3 Å². The summed E-state index contributed by atoms with van der Waals surface area (Å²) in [5.41, 5.74) is 0.161. The average molecular weight is 263 g/mol. The van der Waals surface area contributed by atoms with Crippen LogP contribution in [0.4, 0.5) is 0 Å². The second-order valence-electron chi connectivity index (χ2n) is 5.80. The maximum absolute atomic E-state index is 12.6. The summed E-state index contributed by atoms with van der Waals surface area (Å²) in [5.74, 6) is -0.0287. The Hall–Kier alpha value is -1.36. The number of rotatable bonds is 1. The van der Waals surface area contributed by atoms with Gasteiger partial charge in [0.2, 0.25) is 0 Å². The van der Waals surface area contributed by atoms with Gasteiger partial charge in [-0.3, -0.25) is 9.48 Å². The van der Waals surface area contributed by atoms with E-state index in [2.05, 4.69) is 5.10 Å². The fraction of sp³-hybridized carbons (Fsp3) is 0.714. The summed E-state index contributed by atoms with van der Waals surface area (Å²) in [7, 11) is 1.81. The van der Waals surface area contributed by atoms with Crippen LogP contribution in [0.3, 0.4) is 0 Å². The van der Waals surface area contributed by atoms with Crippen LogP contribution in [-0.2, 0) is 7.05 Å². The van der Waals surface area contributed by atoms with Gasteiger partial charge in [0.1, 0.15) is 5.69 Å². The number of hydrogen-bond acceptors (Lipinski definition) is 3. The normalized spacial score (nSPS) is 26.0. The van der Waals surface area contributed by atoms with Gasteiger partial charge in [-0.15, -0.1) is 0 Å². The number of nitrogens with zero attached hydrogens (tertiary/aromatic N) is 3. The van der Waals surface area contributed by atoms with Crippen molar-refractivity contribution in [3.63, 3.8) is 0 Å². The summed E-state index contributed by atoms with van der Waals surface area (Å²) in [6, 6.07) is 1.75. The number of aryl methyl sites for hydroxylation is 1. The Bertz CT molecular complexity index is 477. The van der Waals surface area contributed by atoms with Gasteiger partial charge in [-0.2, -0.15) is 5.10 Å². The molecule has 1 aliphatic heterocycles. The van der Waals surface area contributed by atoms with Gasteiger partial charge in [0.25, 0.3) is 5.91 Å². The highest BCUT2D eigenvalue weighted by molar-refractivity contribution is 5.93. The minimum absolute atomic E-state index is 0.0287. The first-order chi connectivity index (χ1) is 9.13. The summed E-state index contributed by atoms with van der Waals surface area (Å²) in [5, 5.41) is 14.6. The summed E-state index contributed by atoms with van der Waals surface area (Å²) < 4.78 is 1.65. The van der Waals surface area contributed by atoms with Crippen LogP contribution < -0.4 is 0 Å². The van der Waals surface area contributed by atoms with Crippen LogP contribution in [0.25, 0.3) is 0 Å². The molecule has 0 aromatic carbocycles. The van der Waals surface area contributed by atoms with Crippen LogP contribution in [0, 0.1) is 0 Å². The summed E-state index contributed by atoms with van der Waals surface area (Å²) in [6.45, 7) is 0.649. The van der Waals surface area contributed by atoms with E-state index in [1.165, 1.54) is 6.42 Å². The number of amides is 1. The molecule has 0 bridgehead atoms. The van der Waals surface area contributed by atoms with Crippen molar-refractivity contribution in [2.45, 2.75) is 50.2 Å². The Balaban J connectivity index is 1.88.